The molecule has 0 amide bonds. The van der Waals surface area contributed by atoms with Gasteiger partial charge in [0.05, 0.1) is 0 Å². The first-order valence-electron chi connectivity index (χ1n) is 6.13. The molecule has 0 bridgehead atoms. The normalized spacial score (nSPS) is 10.5. The minimum atomic E-state index is 0.000535. The number of nitrogen functional groups attached to an aromatic ring is 1. The zero-order chi connectivity index (χ0) is 14.0. The van der Waals surface area contributed by atoms with Gasteiger partial charge in [0, 0.05) is 21.0 Å². The van der Waals surface area contributed by atoms with Gasteiger partial charge in [0.1, 0.15) is 0 Å². The Morgan fingerprint density at radius 1 is 1.11 bits per heavy atom. The number of Topliss-reactive ketones (excluding diaryl/α,β-unsaturated/α-hetero) is 1. The number of benzene rings is 2. The second-order valence-electron chi connectivity index (χ2n) is 4.68. The quantitative estimate of drug-likeness (QED) is 0.670. The molecule has 19 heavy (non-hydrogen) atoms. The zero-order valence-electron chi connectivity index (χ0n) is 11.4. The lowest BCUT2D eigenvalue weighted by Gasteiger charge is -2.09. The largest absolute Gasteiger partial charge is 0.398 e. The van der Waals surface area contributed by atoms with Gasteiger partial charge < -0.3 is 5.73 Å². The Morgan fingerprint density at radius 3 is 2.47 bits per heavy atom. The number of ketones is 1. The van der Waals surface area contributed by atoms with E-state index in [1.54, 1.807) is 17.8 Å². The molecule has 0 unspecified atom stereocenters. The van der Waals surface area contributed by atoms with Crippen molar-refractivity contribution in [3.8, 4) is 0 Å². The van der Waals surface area contributed by atoms with Crippen molar-refractivity contribution in [1.82, 2.24) is 0 Å². The van der Waals surface area contributed by atoms with Crippen molar-refractivity contribution in [1.29, 1.82) is 0 Å². The van der Waals surface area contributed by atoms with Crippen LogP contribution in [0.4, 0.5) is 5.69 Å². The van der Waals surface area contributed by atoms with E-state index in [1.165, 1.54) is 22.9 Å². The van der Waals surface area contributed by atoms with Gasteiger partial charge in [-0.2, -0.15) is 0 Å². The Labute approximate surface area is 118 Å². The Bertz CT molecular complexity index is 635. The summed E-state index contributed by atoms with van der Waals surface area (Å²) < 4.78 is 0. The van der Waals surface area contributed by atoms with Crippen LogP contribution in [0.15, 0.2) is 46.2 Å². The highest BCUT2D eigenvalue weighted by atomic mass is 32.2. The third-order valence-electron chi connectivity index (χ3n) is 2.96. The van der Waals surface area contributed by atoms with Crippen molar-refractivity contribution in [3.05, 3.63) is 53.1 Å². The standard InChI is InChI=1S/C16H17NOS/c1-10-4-7-16(11(2)8-10)19-13-5-6-15(17)14(9-13)12(3)18/h4-9H,17H2,1-3H3. The van der Waals surface area contributed by atoms with E-state index in [0.29, 0.717) is 11.3 Å². The zero-order valence-corrected chi connectivity index (χ0v) is 12.2. The molecule has 2 rings (SSSR count). The highest BCUT2D eigenvalue weighted by Crippen LogP contribution is 2.32. The van der Waals surface area contributed by atoms with E-state index in [-0.39, 0.29) is 5.78 Å². The third kappa shape index (κ3) is 3.18. The van der Waals surface area contributed by atoms with Crippen molar-refractivity contribution in [2.45, 2.75) is 30.6 Å². The highest BCUT2D eigenvalue weighted by molar-refractivity contribution is 7.99. The fraction of sp³-hybridized carbons (Fsp3) is 0.188. The van der Waals surface area contributed by atoms with E-state index >= 15 is 0 Å². The lowest BCUT2D eigenvalue weighted by Crippen LogP contribution is -1.99. The van der Waals surface area contributed by atoms with Gasteiger partial charge in [-0.3, -0.25) is 4.79 Å². The highest BCUT2D eigenvalue weighted by Gasteiger charge is 2.08. The molecule has 0 aliphatic rings. The van der Waals surface area contributed by atoms with Crippen molar-refractivity contribution in [2.75, 3.05) is 5.73 Å². The molecule has 0 atom stereocenters. The maximum atomic E-state index is 11.5. The van der Waals surface area contributed by atoms with Gasteiger partial charge in [-0.25, -0.2) is 0 Å². The number of rotatable bonds is 3. The molecule has 0 heterocycles. The summed E-state index contributed by atoms with van der Waals surface area (Å²) in [6, 6.07) is 12.0. The third-order valence-corrected chi connectivity index (χ3v) is 4.13. The average molecular weight is 271 g/mol. The lowest BCUT2D eigenvalue weighted by molar-refractivity contribution is 0.101. The van der Waals surface area contributed by atoms with Crippen molar-refractivity contribution in [2.24, 2.45) is 0 Å². The maximum absolute atomic E-state index is 11.5. The summed E-state index contributed by atoms with van der Waals surface area (Å²) in [6.45, 7) is 5.72. The monoisotopic (exact) mass is 271 g/mol. The van der Waals surface area contributed by atoms with E-state index < -0.39 is 0 Å². The predicted molar refractivity (Wildman–Crippen MR) is 80.9 cm³/mol. The summed E-state index contributed by atoms with van der Waals surface area (Å²) in [5, 5.41) is 0. The molecular weight excluding hydrogens is 254 g/mol. The van der Waals surface area contributed by atoms with Crippen LogP contribution < -0.4 is 5.73 Å². The first-order chi connectivity index (χ1) is 8.97. The van der Waals surface area contributed by atoms with Gasteiger partial charge in [0.25, 0.3) is 0 Å². The fourth-order valence-electron chi connectivity index (χ4n) is 1.94. The summed E-state index contributed by atoms with van der Waals surface area (Å²) in [7, 11) is 0. The molecule has 3 heteroatoms. The van der Waals surface area contributed by atoms with Crippen LogP contribution in [0.25, 0.3) is 0 Å². The number of anilines is 1. The number of carbonyl (C=O) groups excluding carboxylic acids is 1. The first kappa shape index (κ1) is 13.7. The van der Waals surface area contributed by atoms with Crippen LogP contribution in [0.5, 0.6) is 0 Å². The fourth-order valence-corrected chi connectivity index (χ4v) is 2.87. The molecule has 98 valence electrons. The molecule has 0 fully saturated rings. The number of carbonyl (C=O) groups is 1. The van der Waals surface area contributed by atoms with Gasteiger partial charge in [0.2, 0.25) is 0 Å². The van der Waals surface area contributed by atoms with Gasteiger partial charge >= 0.3 is 0 Å². The molecule has 0 aliphatic carbocycles. The number of nitrogens with two attached hydrogens (primary N) is 1. The first-order valence-corrected chi connectivity index (χ1v) is 6.94. The topological polar surface area (TPSA) is 43.1 Å². The summed E-state index contributed by atoms with van der Waals surface area (Å²) in [5.41, 5.74) is 9.43. The number of aryl methyl sites for hydroxylation is 2. The van der Waals surface area contributed by atoms with Gasteiger partial charge in [-0.15, -0.1) is 0 Å². The lowest BCUT2D eigenvalue weighted by atomic mass is 10.1. The molecule has 2 aromatic rings. The minimum Gasteiger partial charge on any atom is -0.398 e. The van der Waals surface area contributed by atoms with Crippen LogP contribution in [-0.2, 0) is 0 Å². The summed E-state index contributed by atoms with van der Waals surface area (Å²) in [5.74, 6) is 0.000535. The molecule has 0 radical (unpaired) electrons. The number of hydrogen-bond acceptors (Lipinski definition) is 3. The second kappa shape index (κ2) is 5.49. The van der Waals surface area contributed by atoms with Crippen LogP contribution in [0.3, 0.4) is 0 Å². The van der Waals surface area contributed by atoms with Gasteiger partial charge in [-0.05, 0) is 50.6 Å². The van der Waals surface area contributed by atoms with Gasteiger partial charge in [-0.1, -0.05) is 29.5 Å². The Hall–Kier alpha value is -1.74. The molecular formula is C16H17NOS. The van der Waals surface area contributed by atoms with E-state index in [2.05, 4.69) is 32.0 Å². The SMILES string of the molecule is CC(=O)c1cc(Sc2ccc(C)cc2C)ccc1N. The molecule has 2 nitrogen and oxygen atoms in total. The van der Waals surface area contributed by atoms with Crippen LogP contribution in [-0.4, -0.2) is 5.78 Å². The second-order valence-corrected chi connectivity index (χ2v) is 5.79. The van der Waals surface area contributed by atoms with Crippen LogP contribution >= 0.6 is 11.8 Å². The van der Waals surface area contributed by atoms with Crippen molar-refractivity contribution in [3.63, 3.8) is 0 Å². The molecule has 0 aromatic heterocycles. The minimum absolute atomic E-state index is 0.000535. The Kier molecular flexibility index (Phi) is 3.96. The van der Waals surface area contributed by atoms with E-state index in [0.717, 1.165) is 4.90 Å². The molecule has 0 saturated heterocycles. The van der Waals surface area contributed by atoms with Crippen LogP contribution in [0.2, 0.25) is 0 Å². The molecule has 2 N–H and O–H groups in total. The Balaban J connectivity index is 2.33. The van der Waals surface area contributed by atoms with Crippen molar-refractivity contribution < 1.29 is 4.79 Å². The van der Waals surface area contributed by atoms with Crippen LogP contribution in [0.1, 0.15) is 28.4 Å². The molecule has 0 spiro atoms. The maximum Gasteiger partial charge on any atom is 0.161 e. The number of hydrogen-bond donors (Lipinski definition) is 1. The van der Waals surface area contributed by atoms with E-state index in [9.17, 15) is 4.79 Å². The summed E-state index contributed by atoms with van der Waals surface area (Å²) in [4.78, 5) is 13.7. The predicted octanol–water partition coefficient (Wildman–Crippen LogP) is 4.24. The van der Waals surface area contributed by atoms with Crippen molar-refractivity contribution >= 4 is 23.2 Å². The van der Waals surface area contributed by atoms with E-state index in [1.807, 2.05) is 12.1 Å². The van der Waals surface area contributed by atoms with Gasteiger partial charge in [0.15, 0.2) is 5.78 Å². The van der Waals surface area contributed by atoms with Crippen LogP contribution in [0, 0.1) is 13.8 Å². The molecule has 2 aromatic carbocycles. The summed E-state index contributed by atoms with van der Waals surface area (Å²) in [6.07, 6.45) is 0. The molecule has 0 saturated carbocycles. The Morgan fingerprint density at radius 2 is 1.84 bits per heavy atom. The van der Waals surface area contributed by atoms with E-state index in [4.69, 9.17) is 5.73 Å². The average Bonchev–Trinajstić information content (AvgIpc) is 2.34. The molecule has 0 aliphatic heterocycles. The smallest absolute Gasteiger partial charge is 0.161 e. The summed E-state index contributed by atoms with van der Waals surface area (Å²) >= 11 is 1.66.